The number of anilines is 2. The van der Waals surface area contributed by atoms with Crippen LogP contribution in [0.5, 0.6) is 0 Å². The van der Waals surface area contributed by atoms with Gasteiger partial charge in [-0.1, -0.05) is 30.3 Å². The van der Waals surface area contributed by atoms with Crippen LogP contribution in [-0.2, 0) is 9.59 Å². The van der Waals surface area contributed by atoms with E-state index < -0.39 is 0 Å². The van der Waals surface area contributed by atoms with Gasteiger partial charge in [0, 0.05) is 31.4 Å². The molecular formula is C18H18N2O2. The van der Waals surface area contributed by atoms with Gasteiger partial charge in [-0.15, -0.1) is 0 Å². The summed E-state index contributed by atoms with van der Waals surface area (Å²) >= 11 is 0. The molecule has 4 nitrogen and oxygen atoms in total. The summed E-state index contributed by atoms with van der Waals surface area (Å²) in [6, 6.07) is 16.7. The maximum Gasteiger partial charge on any atom is 0.250 e. The van der Waals surface area contributed by atoms with E-state index in [-0.39, 0.29) is 11.8 Å². The highest BCUT2D eigenvalue weighted by molar-refractivity contribution is 6.03. The van der Waals surface area contributed by atoms with Crippen molar-refractivity contribution in [1.29, 1.82) is 0 Å². The summed E-state index contributed by atoms with van der Waals surface area (Å²) in [4.78, 5) is 24.6. The molecule has 2 rings (SSSR count). The van der Waals surface area contributed by atoms with Gasteiger partial charge in [-0.05, 0) is 35.9 Å². The van der Waals surface area contributed by atoms with Crippen molar-refractivity contribution in [3.05, 3.63) is 66.2 Å². The molecule has 0 saturated carbocycles. The summed E-state index contributed by atoms with van der Waals surface area (Å²) < 4.78 is 0. The Kier molecular flexibility index (Phi) is 5.09. The molecule has 2 aromatic rings. The number of hydrogen-bond acceptors (Lipinski definition) is 2. The SMILES string of the molecule is CC(=O)Nc1ccc(/C=C/C(=O)N(C)c2ccccc2)cc1. The zero-order chi connectivity index (χ0) is 15.9. The summed E-state index contributed by atoms with van der Waals surface area (Å²) in [5.41, 5.74) is 2.47. The van der Waals surface area contributed by atoms with Crippen molar-refractivity contribution in [1.82, 2.24) is 0 Å². The third-order valence-corrected chi connectivity index (χ3v) is 3.12. The van der Waals surface area contributed by atoms with E-state index in [1.807, 2.05) is 42.5 Å². The minimum absolute atomic E-state index is 0.0999. The van der Waals surface area contributed by atoms with E-state index in [0.29, 0.717) is 0 Å². The Hall–Kier alpha value is -2.88. The third kappa shape index (κ3) is 4.31. The van der Waals surface area contributed by atoms with Gasteiger partial charge in [-0.25, -0.2) is 0 Å². The predicted octanol–water partition coefficient (Wildman–Crippen LogP) is 3.32. The first-order valence-electron chi connectivity index (χ1n) is 6.95. The fourth-order valence-electron chi connectivity index (χ4n) is 1.94. The molecule has 0 unspecified atom stereocenters. The van der Waals surface area contributed by atoms with Crippen LogP contribution in [0, 0.1) is 0 Å². The van der Waals surface area contributed by atoms with Crippen molar-refractivity contribution in [3.63, 3.8) is 0 Å². The molecule has 0 atom stereocenters. The van der Waals surface area contributed by atoms with Gasteiger partial charge in [0.25, 0.3) is 5.91 Å². The molecule has 1 N–H and O–H groups in total. The van der Waals surface area contributed by atoms with Gasteiger partial charge in [0.15, 0.2) is 0 Å². The number of nitrogens with one attached hydrogen (secondary N) is 1. The second-order valence-corrected chi connectivity index (χ2v) is 4.87. The summed E-state index contributed by atoms with van der Waals surface area (Å²) in [7, 11) is 1.74. The maximum atomic E-state index is 12.1. The lowest BCUT2D eigenvalue weighted by Gasteiger charge is -2.14. The van der Waals surface area contributed by atoms with Crippen molar-refractivity contribution >= 4 is 29.3 Å². The van der Waals surface area contributed by atoms with E-state index in [1.165, 1.54) is 13.0 Å². The Morgan fingerprint density at radius 3 is 2.23 bits per heavy atom. The maximum absolute atomic E-state index is 12.1. The molecule has 0 aromatic heterocycles. The van der Waals surface area contributed by atoms with Gasteiger partial charge in [0.1, 0.15) is 0 Å². The van der Waals surface area contributed by atoms with Crippen LogP contribution in [0.1, 0.15) is 12.5 Å². The van der Waals surface area contributed by atoms with Gasteiger partial charge in [0.2, 0.25) is 5.91 Å². The summed E-state index contributed by atoms with van der Waals surface area (Å²) in [6.07, 6.45) is 3.28. The summed E-state index contributed by atoms with van der Waals surface area (Å²) in [5.74, 6) is -0.208. The fourth-order valence-corrected chi connectivity index (χ4v) is 1.94. The number of rotatable bonds is 4. The number of carbonyl (C=O) groups excluding carboxylic acids is 2. The minimum Gasteiger partial charge on any atom is -0.326 e. The molecular weight excluding hydrogens is 276 g/mol. The van der Waals surface area contributed by atoms with Gasteiger partial charge < -0.3 is 10.2 Å². The molecule has 0 aliphatic rings. The number of para-hydroxylation sites is 1. The summed E-state index contributed by atoms with van der Waals surface area (Å²) in [6.45, 7) is 1.46. The van der Waals surface area contributed by atoms with Crippen LogP contribution in [-0.4, -0.2) is 18.9 Å². The van der Waals surface area contributed by atoms with E-state index in [2.05, 4.69) is 5.32 Å². The lowest BCUT2D eigenvalue weighted by Crippen LogP contribution is -2.23. The Morgan fingerprint density at radius 2 is 1.64 bits per heavy atom. The van der Waals surface area contributed by atoms with Gasteiger partial charge in [-0.3, -0.25) is 9.59 Å². The van der Waals surface area contributed by atoms with Crippen LogP contribution in [0.2, 0.25) is 0 Å². The molecule has 2 amide bonds. The Balaban J connectivity index is 2.02. The van der Waals surface area contributed by atoms with Gasteiger partial charge in [0.05, 0.1) is 0 Å². The first-order valence-corrected chi connectivity index (χ1v) is 6.95. The number of nitrogens with zero attached hydrogens (tertiary/aromatic N) is 1. The van der Waals surface area contributed by atoms with E-state index in [0.717, 1.165) is 16.9 Å². The average molecular weight is 294 g/mol. The monoisotopic (exact) mass is 294 g/mol. The van der Waals surface area contributed by atoms with Crippen LogP contribution in [0.3, 0.4) is 0 Å². The number of likely N-dealkylation sites (N-methyl/N-ethyl adjacent to an activating group) is 1. The van der Waals surface area contributed by atoms with Crippen LogP contribution in [0.4, 0.5) is 11.4 Å². The summed E-state index contributed by atoms with van der Waals surface area (Å²) in [5, 5.41) is 2.70. The fraction of sp³-hybridized carbons (Fsp3) is 0.111. The molecule has 0 bridgehead atoms. The van der Waals surface area contributed by atoms with E-state index in [4.69, 9.17) is 0 Å². The van der Waals surface area contributed by atoms with Crippen LogP contribution in [0.15, 0.2) is 60.7 Å². The highest BCUT2D eigenvalue weighted by atomic mass is 16.2. The van der Waals surface area contributed by atoms with Crippen molar-refractivity contribution in [2.24, 2.45) is 0 Å². The largest absolute Gasteiger partial charge is 0.326 e. The van der Waals surface area contributed by atoms with Crippen LogP contribution in [0.25, 0.3) is 6.08 Å². The second kappa shape index (κ2) is 7.22. The van der Waals surface area contributed by atoms with Crippen LogP contribution < -0.4 is 10.2 Å². The molecule has 0 spiro atoms. The molecule has 0 aliphatic carbocycles. The van der Waals surface area contributed by atoms with E-state index in [9.17, 15) is 9.59 Å². The Labute approximate surface area is 130 Å². The van der Waals surface area contributed by atoms with Gasteiger partial charge in [-0.2, -0.15) is 0 Å². The topological polar surface area (TPSA) is 49.4 Å². The van der Waals surface area contributed by atoms with Crippen molar-refractivity contribution in [2.75, 3.05) is 17.3 Å². The number of hydrogen-bond donors (Lipinski definition) is 1. The molecule has 0 radical (unpaired) electrons. The molecule has 0 aliphatic heterocycles. The molecule has 4 heteroatoms. The standard InChI is InChI=1S/C18H18N2O2/c1-14(21)19-16-11-8-15(9-12-16)10-13-18(22)20(2)17-6-4-3-5-7-17/h3-13H,1-2H3,(H,19,21)/b13-10+. The zero-order valence-electron chi connectivity index (χ0n) is 12.6. The smallest absolute Gasteiger partial charge is 0.250 e. The lowest BCUT2D eigenvalue weighted by atomic mass is 10.2. The molecule has 112 valence electrons. The third-order valence-electron chi connectivity index (χ3n) is 3.12. The molecule has 0 saturated heterocycles. The highest BCUT2D eigenvalue weighted by Gasteiger charge is 2.06. The zero-order valence-corrected chi connectivity index (χ0v) is 12.6. The molecule has 2 aromatic carbocycles. The number of carbonyl (C=O) groups is 2. The first kappa shape index (κ1) is 15.5. The average Bonchev–Trinajstić information content (AvgIpc) is 2.53. The lowest BCUT2D eigenvalue weighted by molar-refractivity contribution is -0.114. The minimum atomic E-state index is -0.108. The quantitative estimate of drug-likeness (QED) is 0.879. The normalized spacial score (nSPS) is 10.5. The Bertz CT molecular complexity index is 676. The van der Waals surface area contributed by atoms with E-state index >= 15 is 0 Å². The second-order valence-electron chi connectivity index (χ2n) is 4.87. The molecule has 0 fully saturated rings. The van der Waals surface area contributed by atoms with Crippen molar-refractivity contribution in [3.8, 4) is 0 Å². The van der Waals surface area contributed by atoms with Crippen molar-refractivity contribution in [2.45, 2.75) is 6.92 Å². The number of benzene rings is 2. The molecule has 0 heterocycles. The van der Waals surface area contributed by atoms with Gasteiger partial charge >= 0.3 is 0 Å². The van der Waals surface area contributed by atoms with Crippen LogP contribution >= 0.6 is 0 Å². The first-order chi connectivity index (χ1) is 10.6. The number of amides is 2. The van der Waals surface area contributed by atoms with Crippen molar-refractivity contribution < 1.29 is 9.59 Å². The molecule has 22 heavy (non-hydrogen) atoms. The predicted molar refractivity (Wildman–Crippen MR) is 89.6 cm³/mol. The van der Waals surface area contributed by atoms with E-state index in [1.54, 1.807) is 30.2 Å². The highest BCUT2D eigenvalue weighted by Crippen LogP contribution is 2.13. The Morgan fingerprint density at radius 1 is 1.00 bits per heavy atom.